The lowest BCUT2D eigenvalue weighted by atomic mass is 10.0. The molecule has 0 saturated carbocycles. The Morgan fingerprint density at radius 3 is 2.78 bits per heavy atom. The van der Waals surface area contributed by atoms with E-state index in [1.807, 2.05) is 19.9 Å². The third-order valence-corrected chi connectivity index (χ3v) is 3.24. The van der Waals surface area contributed by atoms with E-state index in [4.69, 9.17) is 11.1 Å². The van der Waals surface area contributed by atoms with Crippen molar-refractivity contribution in [1.29, 1.82) is 5.41 Å². The Morgan fingerprint density at radius 2 is 2.11 bits per heavy atom. The van der Waals surface area contributed by atoms with Crippen molar-refractivity contribution in [2.75, 3.05) is 23.3 Å². The molecule has 1 amide bonds. The predicted molar refractivity (Wildman–Crippen MR) is 73.3 cm³/mol. The molecule has 1 aromatic carbocycles. The first kappa shape index (κ1) is 12.4. The van der Waals surface area contributed by atoms with E-state index in [2.05, 4.69) is 11.4 Å². The molecule has 5 heteroatoms. The summed E-state index contributed by atoms with van der Waals surface area (Å²) in [6.07, 6.45) is 0.401. The number of amidine groups is 1. The lowest BCUT2D eigenvalue weighted by Crippen LogP contribution is -2.41. The Bertz CT molecular complexity index is 510. The van der Waals surface area contributed by atoms with Crippen LogP contribution in [0.1, 0.15) is 17.5 Å². The van der Waals surface area contributed by atoms with Gasteiger partial charge in [0.2, 0.25) is 5.91 Å². The second-order valence-electron chi connectivity index (χ2n) is 4.63. The molecular weight excluding hydrogens is 228 g/mol. The van der Waals surface area contributed by atoms with Crippen molar-refractivity contribution in [3.05, 3.63) is 23.3 Å². The number of hydrogen-bond donors (Lipinski definition) is 3. The van der Waals surface area contributed by atoms with Crippen LogP contribution in [-0.4, -0.2) is 24.8 Å². The molecule has 1 aliphatic heterocycles. The third-order valence-electron chi connectivity index (χ3n) is 3.24. The fourth-order valence-corrected chi connectivity index (χ4v) is 2.04. The third kappa shape index (κ3) is 2.30. The predicted octanol–water partition coefficient (Wildman–Crippen LogP) is 1.39. The van der Waals surface area contributed by atoms with Gasteiger partial charge < -0.3 is 16.0 Å². The van der Waals surface area contributed by atoms with E-state index in [0.29, 0.717) is 19.5 Å². The molecule has 1 heterocycles. The first-order chi connectivity index (χ1) is 8.49. The number of nitrogens with zero attached hydrogens (tertiary/aromatic N) is 1. The summed E-state index contributed by atoms with van der Waals surface area (Å²) in [6, 6.07) is 4.06. The van der Waals surface area contributed by atoms with E-state index in [0.717, 1.165) is 16.9 Å². The summed E-state index contributed by atoms with van der Waals surface area (Å²) in [5.41, 5.74) is 9.56. The van der Waals surface area contributed by atoms with Gasteiger partial charge in [0.25, 0.3) is 0 Å². The molecule has 2 rings (SSSR count). The molecule has 0 bridgehead atoms. The number of hydrogen-bond acceptors (Lipinski definition) is 3. The number of carbonyl (C=O) groups is 1. The maximum absolute atomic E-state index is 11.9. The second kappa shape index (κ2) is 4.68. The van der Waals surface area contributed by atoms with E-state index in [1.54, 1.807) is 4.90 Å². The molecule has 4 N–H and O–H groups in total. The van der Waals surface area contributed by atoms with E-state index in [-0.39, 0.29) is 11.7 Å². The normalized spacial score (nSPS) is 14.1. The van der Waals surface area contributed by atoms with Crippen LogP contribution in [0.15, 0.2) is 12.1 Å². The highest BCUT2D eigenvalue weighted by Gasteiger charge is 2.24. The van der Waals surface area contributed by atoms with Crippen molar-refractivity contribution in [1.82, 2.24) is 0 Å². The summed E-state index contributed by atoms with van der Waals surface area (Å²) in [5.74, 6) is 0.124. The Kier molecular flexibility index (Phi) is 3.23. The second-order valence-corrected chi connectivity index (χ2v) is 4.63. The first-order valence-corrected chi connectivity index (χ1v) is 5.97. The average molecular weight is 246 g/mol. The van der Waals surface area contributed by atoms with Crippen LogP contribution in [0, 0.1) is 19.3 Å². The van der Waals surface area contributed by atoms with Gasteiger partial charge in [-0.05, 0) is 37.1 Å². The summed E-state index contributed by atoms with van der Waals surface area (Å²) in [6.45, 7) is 4.84. The lowest BCUT2D eigenvalue weighted by Gasteiger charge is -2.31. The van der Waals surface area contributed by atoms with Gasteiger partial charge in [0.15, 0.2) is 0 Å². The van der Waals surface area contributed by atoms with Crippen LogP contribution in [0.5, 0.6) is 0 Å². The van der Waals surface area contributed by atoms with Crippen molar-refractivity contribution < 1.29 is 4.79 Å². The topological polar surface area (TPSA) is 82.2 Å². The van der Waals surface area contributed by atoms with Crippen LogP contribution in [0.25, 0.3) is 0 Å². The number of nitrogens with one attached hydrogen (secondary N) is 2. The molecule has 18 heavy (non-hydrogen) atoms. The number of nitrogens with two attached hydrogens (primary N) is 1. The molecule has 96 valence electrons. The Morgan fingerprint density at radius 1 is 1.44 bits per heavy atom. The number of anilines is 2. The minimum atomic E-state index is 0.0204. The SMILES string of the molecule is Cc1cc2c(cc1C)N(CCC(=N)N)C(=O)CN2. The van der Waals surface area contributed by atoms with Gasteiger partial charge in [-0.25, -0.2) is 0 Å². The molecule has 0 saturated heterocycles. The Labute approximate surface area is 106 Å². The van der Waals surface area contributed by atoms with Gasteiger partial charge in [-0.15, -0.1) is 0 Å². The van der Waals surface area contributed by atoms with E-state index in [1.165, 1.54) is 5.56 Å². The van der Waals surface area contributed by atoms with E-state index >= 15 is 0 Å². The van der Waals surface area contributed by atoms with Crippen LogP contribution >= 0.6 is 0 Å². The average Bonchev–Trinajstić information content (AvgIpc) is 2.30. The maximum atomic E-state index is 11.9. The van der Waals surface area contributed by atoms with Gasteiger partial charge in [0.05, 0.1) is 23.8 Å². The van der Waals surface area contributed by atoms with Gasteiger partial charge in [-0.3, -0.25) is 10.2 Å². The molecule has 1 aromatic rings. The minimum absolute atomic E-state index is 0.0204. The summed E-state index contributed by atoms with van der Waals surface area (Å²) < 4.78 is 0. The van der Waals surface area contributed by atoms with Crippen molar-refractivity contribution in [2.24, 2.45) is 5.73 Å². The van der Waals surface area contributed by atoms with Crippen molar-refractivity contribution in [2.45, 2.75) is 20.3 Å². The zero-order chi connectivity index (χ0) is 13.3. The molecule has 0 fully saturated rings. The minimum Gasteiger partial charge on any atom is -0.388 e. The largest absolute Gasteiger partial charge is 0.388 e. The number of amides is 1. The van der Waals surface area contributed by atoms with Gasteiger partial charge in [0.1, 0.15) is 0 Å². The summed E-state index contributed by atoms with van der Waals surface area (Å²) in [7, 11) is 0. The number of rotatable bonds is 3. The Balaban J connectivity index is 2.34. The fraction of sp³-hybridized carbons (Fsp3) is 0.385. The molecule has 0 spiro atoms. The summed E-state index contributed by atoms with van der Waals surface area (Å²) in [5, 5.41) is 10.4. The lowest BCUT2D eigenvalue weighted by molar-refractivity contribution is -0.117. The standard InChI is InChI=1S/C13H18N4O/c1-8-5-10-11(6-9(8)2)17(4-3-12(14)15)13(18)7-16-10/h5-6,16H,3-4,7H2,1-2H3,(H3,14,15). The van der Waals surface area contributed by atoms with Crippen LogP contribution in [-0.2, 0) is 4.79 Å². The Hall–Kier alpha value is -2.04. The van der Waals surface area contributed by atoms with Crippen LogP contribution < -0.4 is 16.0 Å². The number of fused-ring (bicyclic) bond motifs is 1. The molecule has 0 atom stereocenters. The van der Waals surface area contributed by atoms with Crippen LogP contribution in [0.4, 0.5) is 11.4 Å². The first-order valence-electron chi connectivity index (χ1n) is 5.97. The van der Waals surface area contributed by atoms with Crippen molar-refractivity contribution in [3.63, 3.8) is 0 Å². The van der Waals surface area contributed by atoms with Crippen LogP contribution in [0.3, 0.4) is 0 Å². The molecule has 1 aliphatic rings. The fourth-order valence-electron chi connectivity index (χ4n) is 2.04. The molecule has 5 nitrogen and oxygen atoms in total. The number of carbonyl (C=O) groups excluding carboxylic acids is 1. The van der Waals surface area contributed by atoms with E-state index < -0.39 is 0 Å². The summed E-state index contributed by atoms with van der Waals surface area (Å²) >= 11 is 0. The van der Waals surface area contributed by atoms with Crippen molar-refractivity contribution in [3.8, 4) is 0 Å². The molecule has 0 aliphatic carbocycles. The molecule has 0 aromatic heterocycles. The highest BCUT2D eigenvalue weighted by Crippen LogP contribution is 2.32. The monoisotopic (exact) mass is 246 g/mol. The van der Waals surface area contributed by atoms with E-state index in [9.17, 15) is 4.79 Å². The zero-order valence-corrected chi connectivity index (χ0v) is 10.7. The van der Waals surface area contributed by atoms with Gasteiger partial charge in [0, 0.05) is 13.0 Å². The smallest absolute Gasteiger partial charge is 0.246 e. The number of benzene rings is 1. The molecule has 0 radical (unpaired) electrons. The van der Waals surface area contributed by atoms with Gasteiger partial charge >= 0.3 is 0 Å². The zero-order valence-electron chi connectivity index (χ0n) is 10.7. The van der Waals surface area contributed by atoms with Gasteiger partial charge in [-0.1, -0.05) is 0 Å². The maximum Gasteiger partial charge on any atom is 0.246 e. The quantitative estimate of drug-likeness (QED) is 0.556. The van der Waals surface area contributed by atoms with Crippen molar-refractivity contribution >= 4 is 23.1 Å². The van der Waals surface area contributed by atoms with Gasteiger partial charge in [-0.2, -0.15) is 0 Å². The highest BCUT2D eigenvalue weighted by atomic mass is 16.2. The van der Waals surface area contributed by atoms with Crippen LogP contribution in [0.2, 0.25) is 0 Å². The molecule has 0 unspecified atom stereocenters. The highest BCUT2D eigenvalue weighted by molar-refractivity contribution is 6.03. The summed E-state index contributed by atoms with van der Waals surface area (Å²) in [4.78, 5) is 13.6. The molecular formula is C13H18N4O. The number of aryl methyl sites for hydroxylation is 2.